The molecule has 3 heteroatoms. The summed E-state index contributed by atoms with van der Waals surface area (Å²) in [5, 5.41) is 3.53. The topological polar surface area (TPSA) is 29.3 Å². The van der Waals surface area contributed by atoms with E-state index in [-0.39, 0.29) is 0 Å². The number of aryl methyl sites for hydroxylation is 2. The van der Waals surface area contributed by atoms with E-state index in [4.69, 9.17) is 0 Å². The van der Waals surface area contributed by atoms with E-state index in [0.717, 1.165) is 30.9 Å². The zero-order chi connectivity index (χ0) is 14.7. The van der Waals surface area contributed by atoms with Gasteiger partial charge in [-0.25, -0.2) is 4.98 Å². The minimum atomic E-state index is 0.850. The molecule has 1 aromatic carbocycles. The third kappa shape index (κ3) is 3.14. The van der Waals surface area contributed by atoms with E-state index in [9.17, 15) is 0 Å². The van der Waals surface area contributed by atoms with E-state index in [0.29, 0.717) is 0 Å². The van der Waals surface area contributed by atoms with Gasteiger partial charge < -0.3 is 9.72 Å². The second kappa shape index (κ2) is 6.10. The predicted octanol–water partition coefficient (Wildman–Crippen LogP) is 3.28. The lowest BCUT2D eigenvalue weighted by atomic mass is 10.1. The van der Waals surface area contributed by atoms with Crippen molar-refractivity contribution >= 4 is 5.65 Å². The number of aromatic nitrogens is 2. The summed E-state index contributed by atoms with van der Waals surface area (Å²) in [5.74, 6) is 0. The van der Waals surface area contributed by atoms with Crippen LogP contribution in [0.15, 0.2) is 48.7 Å². The number of hydrogen-bond acceptors (Lipinski definition) is 2. The van der Waals surface area contributed by atoms with Crippen LogP contribution in [0.4, 0.5) is 0 Å². The second-order valence-corrected chi connectivity index (χ2v) is 5.49. The maximum atomic E-state index is 4.58. The Hall–Kier alpha value is -2.13. The van der Waals surface area contributed by atoms with E-state index >= 15 is 0 Å². The highest BCUT2D eigenvalue weighted by molar-refractivity contribution is 5.42. The molecule has 0 fully saturated rings. The number of rotatable bonds is 5. The van der Waals surface area contributed by atoms with E-state index in [1.807, 2.05) is 18.2 Å². The molecule has 2 aromatic heterocycles. The SMILES string of the molecule is Cc1cccc(CCNCc2c(C)nc3ccccn23)c1. The molecule has 3 aromatic rings. The molecule has 0 saturated carbocycles. The summed E-state index contributed by atoms with van der Waals surface area (Å²) < 4.78 is 2.16. The van der Waals surface area contributed by atoms with Crippen molar-refractivity contribution < 1.29 is 0 Å². The molecule has 3 rings (SSSR count). The van der Waals surface area contributed by atoms with Crippen LogP contribution in [0.1, 0.15) is 22.5 Å². The molecular weight excluding hydrogens is 258 g/mol. The summed E-state index contributed by atoms with van der Waals surface area (Å²) in [6.07, 6.45) is 3.13. The first kappa shape index (κ1) is 13.8. The zero-order valence-corrected chi connectivity index (χ0v) is 12.6. The Morgan fingerprint density at radius 3 is 2.86 bits per heavy atom. The third-order valence-electron chi connectivity index (χ3n) is 3.79. The van der Waals surface area contributed by atoms with Gasteiger partial charge in [-0.15, -0.1) is 0 Å². The summed E-state index contributed by atoms with van der Waals surface area (Å²) in [5.41, 5.74) is 6.08. The molecule has 0 radical (unpaired) electrons. The Kier molecular flexibility index (Phi) is 4.02. The second-order valence-electron chi connectivity index (χ2n) is 5.49. The summed E-state index contributed by atoms with van der Waals surface area (Å²) in [6.45, 7) is 6.04. The monoisotopic (exact) mass is 279 g/mol. The minimum absolute atomic E-state index is 0.850. The Bertz CT molecular complexity index is 743. The van der Waals surface area contributed by atoms with Crippen LogP contribution in [0.3, 0.4) is 0 Å². The number of nitrogens with one attached hydrogen (secondary N) is 1. The average Bonchev–Trinajstić information content (AvgIpc) is 2.79. The van der Waals surface area contributed by atoms with Gasteiger partial charge in [0.15, 0.2) is 0 Å². The van der Waals surface area contributed by atoms with E-state index < -0.39 is 0 Å². The van der Waals surface area contributed by atoms with E-state index in [1.54, 1.807) is 0 Å². The minimum Gasteiger partial charge on any atom is -0.311 e. The third-order valence-corrected chi connectivity index (χ3v) is 3.79. The normalized spacial score (nSPS) is 11.1. The van der Waals surface area contributed by atoms with Crippen LogP contribution in [-0.2, 0) is 13.0 Å². The number of fused-ring (bicyclic) bond motifs is 1. The summed E-state index contributed by atoms with van der Waals surface area (Å²) in [7, 11) is 0. The van der Waals surface area contributed by atoms with Gasteiger partial charge in [-0.2, -0.15) is 0 Å². The number of pyridine rings is 1. The van der Waals surface area contributed by atoms with E-state index in [1.165, 1.54) is 16.8 Å². The van der Waals surface area contributed by atoms with Crippen LogP contribution in [0.5, 0.6) is 0 Å². The maximum absolute atomic E-state index is 4.58. The average molecular weight is 279 g/mol. The van der Waals surface area contributed by atoms with Crippen LogP contribution in [0, 0.1) is 13.8 Å². The van der Waals surface area contributed by atoms with Crippen molar-refractivity contribution in [1.82, 2.24) is 14.7 Å². The van der Waals surface area contributed by atoms with Crippen LogP contribution in [-0.4, -0.2) is 15.9 Å². The van der Waals surface area contributed by atoms with Crippen LogP contribution >= 0.6 is 0 Å². The van der Waals surface area contributed by atoms with Gasteiger partial charge in [-0.3, -0.25) is 0 Å². The molecule has 108 valence electrons. The van der Waals surface area contributed by atoms with Crippen molar-refractivity contribution in [3.63, 3.8) is 0 Å². The van der Waals surface area contributed by atoms with Crippen molar-refractivity contribution in [2.24, 2.45) is 0 Å². The molecule has 0 spiro atoms. The molecule has 0 aliphatic carbocycles. The largest absolute Gasteiger partial charge is 0.311 e. The van der Waals surface area contributed by atoms with E-state index in [2.05, 4.69) is 59.0 Å². The molecule has 0 saturated heterocycles. The zero-order valence-electron chi connectivity index (χ0n) is 12.6. The van der Waals surface area contributed by atoms with Gasteiger partial charge in [-0.1, -0.05) is 35.9 Å². The van der Waals surface area contributed by atoms with Crippen molar-refractivity contribution in [1.29, 1.82) is 0 Å². The Balaban J connectivity index is 1.61. The predicted molar refractivity (Wildman–Crippen MR) is 86.5 cm³/mol. The molecule has 0 unspecified atom stereocenters. The van der Waals surface area contributed by atoms with Crippen molar-refractivity contribution in [3.8, 4) is 0 Å². The fourth-order valence-electron chi connectivity index (χ4n) is 2.68. The van der Waals surface area contributed by atoms with Gasteiger partial charge in [0.1, 0.15) is 5.65 Å². The lowest BCUT2D eigenvalue weighted by Gasteiger charge is -2.07. The fraction of sp³-hybridized carbons (Fsp3) is 0.278. The van der Waals surface area contributed by atoms with Crippen LogP contribution < -0.4 is 5.32 Å². The number of benzene rings is 1. The molecule has 0 atom stereocenters. The summed E-state index contributed by atoms with van der Waals surface area (Å²) >= 11 is 0. The lowest BCUT2D eigenvalue weighted by Crippen LogP contribution is -2.18. The van der Waals surface area contributed by atoms with Crippen molar-refractivity contribution in [2.75, 3.05) is 6.54 Å². The highest BCUT2D eigenvalue weighted by atomic mass is 15.0. The molecule has 21 heavy (non-hydrogen) atoms. The fourth-order valence-corrected chi connectivity index (χ4v) is 2.68. The first-order chi connectivity index (χ1) is 10.2. The maximum Gasteiger partial charge on any atom is 0.137 e. The van der Waals surface area contributed by atoms with Gasteiger partial charge in [-0.05, 0) is 44.5 Å². The smallest absolute Gasteiger partial charge is 0.137 e. The highest BCUT2D eigenvalue weighted by Crippen LogP contribution is 2.11. The lowest BCUT2D eigenvalue weighted by molar-refractivity contribution is 0.668. The molecule has 1 N–H and O–H groups in total. The number of imidazole rings is 1. The molecule has 0 aliphatic heterocycles. The first-order valence-corrected chi connectivity index (χ1v) is 7.43. The van der Waals surface area contributed by atoms with Crippen LogP contribution in [0.2, 0.25) is 0 Å². The Morgan fingerprint density at radius 2 is 2.00 bits per heavy atom. The molecule has 0 amide bonds. The molecule has 0 aliphatic rings. The van der Waals surface area contributed by atoms with Gasteiger partial charge in [0, 0.05) is 12.7 Å². The van der Waals surface area contributed by atoms with Gasteiger partial charge in [0.25, 0.3) is 0 Å². The molecule has 0 bridgehead atoms. The first-order valence-electron chi connectivity index (χ1n) is 7.43. The van der Waals surface area contributed by atoms with Crippen molar-refractivity contribution in [2.45, 2.75) is 26.8 Å². The number of hydrogen-bond donors (Lipinski definition) is 1. The molecular formula is C18H21N3. The Morgan fingerprint density at radius 1 is 1.10 bits per heavy atom. The molecule has 2 heterocycles. The summed E-state index contributed by atoms with van der Waals surface area (Å²) in [6, 6.07) is 14.8. The highest BCUT2D eigenvalue weighted by Gasteiger charge is 2.07. The van der Waals surface area contributed by atoms with Crippen LogP contribution in [0.25, 0.3) is 5.65 Å². The van der Waals surface area contributed by atoms with Gasteiger partial charge in [0.2, 0.25) is 0 Å². The molecule has 3 nitrogen and oxygen atoms in total. The standard InChI is InChI=1S/C18H21N3/c1-14-6-5-7-16(12-14)9-10-19-13-17-15(2)20-18-8-3-4-11-21(17)18/h3-8,11-12,19H,9-10,13H2,1-2H3. The summed E-state index contributed by atoms with van der Waals surface area (Å²) in [4.78, 5) is 4.58. The number of nitrogens with zero attached hydrogens (tertiary/aromatic N) is 2. The Labute approximate surface area is 125 Å². The van der Waals surface area contributed by atoms with Gasteiger partial charge >= 0.3 is 0 Å². The quantitative estimate of drug-likeness (QED) is 0.726. The van der Waals surface area contributed by atoms with Gasteiger partial charge in [0.05, 0.1) is 11.4 Å². The van der Waals surface area contributed by atoms with Crippen molar-refractivity contribution in [3.05, 3.63) is 71.2 Å².